The van der Waals surface area contributed by atoms with E-state index < -0.39 is 0 Å². The zero-order valence-electron chi connectivity index (χ0n) is 19.9. The van der Waals surface area contributed by atoms with Crippen LogP contribution in [0.3, 0.4) is 0 Å². The fourth-order valence-corrected chi connectivity index (χ4v) is 4.63. The number of ether oxygens (including phenoxy) is 1. The van der Waals surface area contributed by atoms with Gasteiger partial charge in [-0.05, 0) is 30.5 Å². The number of unbranched alkanes of at least 4 members (excludes halogenated alkanes) is 15. The molecule has 30 heavy (non-hydrogen) atoms. The number of benzene rings is 1. The van der Waals surface area contributed by atoms with E-state index >= 15 is 0 Å². The molecule has 0 aliphatic heterocycles. The van der Waals surface area contributed by atoms with Gasteiger partial charge in [0.1, 0.15) is 5.75 Å². The van der Waals surface area contributed by atoms with Crippen molar-refractivity contribution in [3.8, 4) is 5.75 Å². The van der Waals surface area contributed by atoms with Crippen LogP contribution in [0.2, 0.25) is 0 Å². The Hall–Kier alpha value is -0.280. The molecule has 1 aromatic rings. The summed E-state index contributed by atoms with van der Waals surface area (Å²) in [5.74, 6) is 2.50. The van der Waals surface area contributed by atoms with Crippen molar-refractivity contribution in [2.45, 2.75) is 128 Å². The molecule has 0 N–H and O–H groups in total. The second kappa shape index (κ2) is 19.4. The van der Waals surface area contributed by atoms with Crippen molar-refractivity contribution in [3.63, 3.8) is 0 Å². The van der Waals surface area contributed by atoms with Crippen LogP contribution in [0.15, 0.2) is 12.1 Å². The van der Waals surface area contributed by atoms with Crippen LogP contribution >= 0.6 is 25.3 Å². The van der Waals surface area contributed by atoms with E-state index in [0.29, 0.717) is 0 Å². The van der Waals surface area contributed by atoms with Gasteiger partial charge in [-0.3, -0.25) is 0 Å². The van der Waals surface area contributed by atoms with Crippen molar-refractivity contribution in [3.05, 3.63) is 28.8 Å². The second-order valence-corrected chi connectivity index (χ2v) is 9.49. The van der Waals surface area contributed by atoms with Crippen LogP contribution in [-0.2, 0) is 11.5 Å². The minimum Gasteiger partial charge on any atom is -0.493 e. The summed E-state index contributed by atoms with van der Waals surface area (Å²) in [6.45, 7) is 5.24. The molecule has 0 saturated carbocycles. The van der Waals surface area contributed by atoms with Crippen LogP contribution < -0.4 is 4.74 Å². The van der Waals surface area contributed by atoms with Gasteiger partial charge in [-0.15, -0.1) is 0 Å². The molecule has 0 heterocycles. The van der Waals surface area contributed by atoms with Crippen LogP contribution in [0.25, 0.3) is 0 Å². The standard InChI is InChI=1S/C27H48OS2/c1-3-4-5-6-7-8-9-10-11-12-13-14-15-16-17-18-19-28-27-20-24(2)25(22-29)21-26(27)23-30/h20-21,29-30H,3-19,22-23H2,1-2H3. The maximum absolute atomic E-state index is 6.05. The quantitative estimate of drug-likeness (QED) is 0.148. The average molecular weight is 453 g/mol. The number of hydrogen-bond acceptors (Lipinski definition) is 3. The molecule has 0 saturated heterocycles. The van der Waals surface area contributed by atoms with Crippen molar-refractivity contribution in [1.82, 2.24) is 0 Å². The van der Waals surface area contributed by atoms with Crippen molar-refractivity contribution >= 4 is 25.3 Å². The first-order chi connectivity index (χ1) is 14.7. The number of thiol groups is 2. The summed E-state index contributed by atoms with van der Waals surface area (Å²) in [5.41, 5.74) is 3.72. The molecule has 0 fully saturated rings. The van der Waals surface area contributed by atoms with Gasteiger partial charge in [0.15, 0.2) is 0 Å². The van der Waals surface area contributed by atoms with Crippen LogP contribution in [0, 0.1) is 6.92 Å². The molecule has 0 radical (unpaired) electrons. The predicted octanol–water partition coefficient (Wildman–Crippen LogP) is 9.49. The monoisotopic (exact) mass is 452 g/mol. The van der Waals surface area contributed by atoms with Gasteiger partial charge in [0, 0.05) is 17.1 Å². The van der Waals surface area contributed by atoms with E-state index in [2.05, 4.69) is 51.2 Å². The fourth-order valence-electron chi connectivity index (χ4n) is 4.04. The first-order valence-electron chi connectivity index (χ1n) is 12.7. The van der Waals surface area contributed by atoms with E-state index in [4.69, 9.17) is 4.74 Å². The summed E-state index contributed by atoms with van der Waals surface area (Å²) in [6, 6.07) is 4.35. The molecular weight excluding hydrogens is 404 g/mol. The van der Waals surface area contributed by atoms with Crippen LogP contribution in [0.4, 0.5) is 0 Å². The second-order valence-electron chi connectivity index (χ2n) is 8.85. The third-order valence-electron chi connectivity index (χ3n) is 6.12. The summed E-state index contributed by atoms with van der Waals surface area (Å²) in [7, 11) is 0. The minimum atomic E-state index is 0.718. The topological polar surface area (TPSA) is 9.23 Å². The molecular formula is C27H48OS2. The Kier molecular flexibility index (Phi) is 18.0. The Labute approximate surface area is 199 Å². The van der Waals surface area contributed by atoms with Gasteiger partial charge in [-0.2, -0.15) is 25.3 Å². The Morgan fingerprint density at radius 2 is 1.03 bits per heavy atom. The average Bonchev–Trinajstić information content (AvgIpc) is 2.76. The molecule has 174 valence electrons. The molecule has 1 nitrogen and oxygen atoms in total. The Balaban J connectivity index is 1.92. The first-order valence-corrected chi connectivity index (χ1v) is 14.0. The normalized spacial score (nSPS) is 11.2. The number of aryl methyl sites for hydroxylation is 1. The van der Waals surface area contributed by atoms with Crippen molar-refractivity contribution in [2.75, 3.05) is 6.61 Å². The lowest BCUT2D eigenvalue weighted by Crippen LogP contribution is -2.01. The van der Waals surface area contributed by atoms with Gasteiger partial charge < -0.3 is 4.74 Å². The Bertz CT molecular complexity index is 530. The zero-order chi connectivity index (χ0) is 21.9. The van der Waals surface area contributed by atoms with Crippen LogP contribution in [0.5, 0.6) is 5.75 Å². The lowest BCUT2D eigenvalue weighted by atomic mass is 10.0. The minimum absolute atomic E-state index is 0.718. The van der Waals surface area contributed by atoms with Gasteiger partial charge in [0.2, 0.25) is 0 Å². The maximum atomic E-state index is 6.05. The smallest absolute Gasteiger partial charge is 0.123 e. The van der Waals surface area contributed by atoms with Gasteiger partial charge in [-0.25, -0.2) is 0 Å². The summed E-state index contributed by atoms with van der Waals surface area (Å²) in [6.07, 6.45) is 22.4. The largest absolute Gasteiger partial charge is 0.493 e. The Morgan fingerprint density at radius 3 is 1.47 bits per heavy atom. The van der Waals surface area contributed by atoms with Gasteiger partial charge >= 0.3 is 0 Å². The lowest BCUT2D eigenvalue weighted by Gasteiger charge is -2.14. The summed E-state index contributed by atoms with van der Waals surface area (Å²) in [4.78, 5) is 0. The number of rotatable bonds is 20. The predicted molar refractivity (Wildman–Crippen MR) is 142 cm³/mol. The summed E-state index contributed by atoms with van der Waals surface area (Å²) in [5, 5.41) is 0. The van der Waals surface area contributed by atoms with E-state index in [1.165, 1.54) is 113 Å². The molecule has 0 unspecified atom stereocenters. The van der Waals surface area contributed by atoms with E-state index in [1.807, 2.05) is 0 Å². The highest BCUT2D eigenvalue weighted by molar-refractivity contribution is 7.79. The third kappa shape index (κ3) is 13.2. The molecule has 1 rings (SSSR count). The summed E-state index contributed by atoms with van der Waals surface area (Å²) >= 11 is 8.86. The molecule has 0 amide bonds. The third-order valence-corrected chi connectivity index (χ3v) is 6.80. The van der Waals surface area contributed by atoms with Crippen molar-refractivity contribution in [1.29, 1.82) is 0 Å². The number of hydrogen-bond donors (Lipinski definition) is 2. The van der Waals surface area contributed by atoms with Crippen LogP contribution in [0.1, 0.15) is 126 Å². The van der Waals surface area contributed by atoms with Gasteiger partial charge in [0.25, 0.3) is 0 Å². The molecule has 3 heteroatoms. The SMILES string of the molecule is CCCCCCCCCCCCCCCCCCOc1cc(C)c(CS)cc1CS. The molecule has 0 aromatic heterocycles. The molecule has 0 atom stereocenters. The van der Waals surface area contributed by atoms with E-state index in [-0.39, 0.29) is 0 Å². The van der Waals surface area contributed by atoms with Gasteiger partial charge in [0.05, 0.1) is 6.61 Å². The maximum Gasteiger partial charge on any atom is 0.123 e. The highest BCUT2D eigenvalue weighted by Crippen LogP contribution is 2.26. The van der Waals surface area contributed by atoms with Crippen molar-refractivity contribution in [2.24, 2.45) is 0 Å². The highest BCUT2D eigenvalue weighted by atomic mass is 32.1. The first kappa shape index (κ1) is 27.8. The zero-order valence-corrected chi connectivity index (χ0v) is 21.7. The lowest BCUT2D eigenvalue weighted by molar-refractivity contribution is 0.302. The van der Waals surface area contributed by atoms with E-state index in [1.54, 1.807) is 0 Å². The Morgan fingerprint density at radius 1 is 0.600 bits per heavy atom. The molecule has 0 aliphatic carbocycles. The van der Waals surface area contributed by atoms with Crippen LogP contribution in [-0.4, -0.2) is 6.61 Å². The fraction of sp³-hybridized carbons (Fsp3) is 0.778. The summed E-state index contributed by atoms with van der Waals surface area (Å²) < 4.78 is 6.05. The molecule has 0 spiro atoms. The van der Waals surface area contributed by atoms with E-state index in [9.17, 15) is 0 Å². The molecule has 0 aliphatic rings. The van der Waals surface area contributed by atoms with E-state index in [0.717, 1.165) is 30.3 Å². The molecule has 0 bridgehead atoms. The van der Waals surface area contributed by atoms with Crippen molar-refractivity contribution < 1.29 is 4.74 Å². The molecule has 1 aromatic carbocycles. The highest BCUT2D eigenvalue weighted by Gasteiger charge is 2.07. The van der Waals surface area contributed by atoms with Gasteiger partial charge in [-0.1, -0.05) is 109 Å².